The number of aryl methyl sites for hydroxylation is 1. The minimum Gasteiger partial charge on any atom is -0.338 e. The molecular weight excluding hydrogens is 252 g/mol. The van der Waals surface area contributed by atoms with Gasteiger partial charge < -0.3 is 4.52 Å². The lowest BCUT2D eigenvalue weighted by Gasteiger charge is -1.97. The first-order chi connectivity index (χ1) is 8.65. The van der Waals surface area contributed by atoms with E-state index in [4.69, 9.17) is 16.1 Å². The van der Waals surface area contributed by atoms with Crippen LogP contribution in [0.25, 0.3) is 6.08 Å². The summed E-state index contributed by atoms with van der Waals surface area (Å²) in [6, 6.07) is 8.91. The number of hydrogen-bond acceptors (Lipinski definition) is 3. The summed E-state index contributed by atoms with van der Waals surface area (Å²) in [6.07, 6.45) is 3.03. The Balaban J connectivity index is 2.01. The molecule has 0 saturated carbocycles. The first-order valence-corrected chi connectivity index (χ1v) is 5.70. The number of carbonyl (C=O) groups is 1. The Bertz CT molecular complexity index is 590. The Kier molecular flexibility index (Phi) is 3.79. The average Bonchev–Trinajstić information content (AvgIpc) is 2.74. The third kappa shape index (κ3) is 3.21. The van der Waals surface area contributed by atoms with E-state index in [2.05, 4.69) is 10.5 Å². The van der Waals surface area contributed by atoms with E-state index in [0.29, 0.717) is 16.6 Å². The van der Waals surface area contributed by atoms with Gasteiger partial charge in [0.1, 0.15) is 0 Å². The summed E-state index contributed by atoms with van der Waals surface area (Å²) in [7, 11) is 0. The largest absolute Gasteiger partial charge is 0.338 e. The third-order valence-electron chi connectivity index (χ3n) is 2.19. The van der Waals surface area contributed by atoms with E-state index in [-0.39, 0.29) is 5.91 Å². The Hall–Kier alpha value is -2.07. The zero-order chi connectivity index (χ0) is 13.0. The number of aromatic nitrogens is 1. The van der Waals surface area contributed by atoms with Crippen molar-refractivity contribution in [1.29, 1.82) is 0 Å². The molecule has 2 aromatic rings. The summed E-state index contributed by atoms with van der Waals surface area (Å²) in [6.45, 7) is 1.78. The Labute approximate surface area is 109 Å². The zero-order valence-electron chi connectivity index (χ0n) is 9.68. The van der Waals surface area contributed by atoms with Crippen LogP contribution in [0.15, 0.2) is 40.9 Å². The highest BCUT2D eigenvalue weighted by atomic mass is 35.5. The van der Waals surface area contributed by atoms with Crippen LogP contribution >= 0.6 is 11.6 Å². The normalized spacial score (nSPS) is 10.8. The van der Waals surface area contributed by atoms with E-state index >= 15 is 0 Å². The molecule has 0 atom stereocenters. The van der Waals surface area contributed by atoms with Crippen molar-refractivity contribution in [3.8, 4) is 0 Å². The summed E-state index contributed by atoms with van der Waals surface area (Å²) in [4.78, 5) is 11.6. The number of halogens is 1. The lowest BCUT2D eigenvalue weighted by molar-refractivity contribution is -0.112. The minimum atomic E-state index is -0.300. The number of benzene rings is 1. The van der Waals surface area contributed by atoms with Gasteiger partial charge in [0.2, 0.25) is 5.88 Å². The first-order valence-electron chi connectivity index (χ1n) is 5.32. The lowest BCUT2D eigenvalue weighted by Crippen LogP contribution is -2.06. The molecule has 5 heteroatoms. The predicted molar refractivity (Wildman–Crippen MR) is 70.4 cm³/mol. The van der Waals surface area contributed by atoms with Crippen LogP contribution in [0.5, 0.6) is 0 Å². The van der Waals surface area contributed by atoms with Crippen LogP contribution < -0.4 is 5.32 Å². The molecule has 0 saturated heterocycles. The zero-order valence-corrected chi connectivity index (χ0v) is 10.4. The van der Waals surface area contributed by atoms with Crippen LogP contribution in [-0.4, -0.2) is 11.1 Å². The van der Waals surface area contributed by atoms with Gasteiger partial charge in [0.25, 0.3) is 5.91 Å². The molecule has 0 aliphatic heterocycles. The monoisotopic (exact) mass is 262 g/mol. The van der Waals surface area contributed by atoms with Crippen LogP contribution in [0.4, 0.5) is 5.88 Å². The van der Waals surface area contributed by atoms with Crippen LogP contribution in [0.1, 0.15) is 11.3 Å². The van der Waals surface area contributed by atoms with Crippen molar-refractivity contribution in [3.05, 3.63) is 52.7 Å². The van der Waals surface area contributed by atoms with Gasteiger partial charge >= 0.3 is 0 Å². The molecule has 1 aromatic carbocycles. The molecule has 0 spiro atoms. The van der Waals surface area contributed by atoms with Gasteiger partial charge in [-0.3, -0.25) is 10.1 Å². The molecular formula is C13H11ClN2O2. The van der Waals surface area contributed by atoms with Crippen molar-refractivity contribution in [1.82, 2.24) is 5.16 Å². The minimum absolute atomic E-state index is 0.300. The number of anilines is 1. The maximum absolute atomic E-state index is 11.6. The number of hydrogen-bond donors (Lipinski definition) is 1. The first kappa shape index (κ1) is 12.4. The number of carbonyl (C=O) groups excluding carboxylic acids is 1. The van der Waals surface area contributed by atoms with Crippen molar-refractivity contribution < 1.29 is 9.32 Å². The van der Waals surface area contributed by atoms with E-state index in [9.17, 15) is 4.79 Å². The van der Waals surface area contributed by atoms with Crippen molar-refractivity contribution >= 4 is 29.5 Å². The van der Waals surface area contributed by atoms with Gasteiger partial charge in [-0.15, -0.1) is 0 Å². The molecule has 0 aliphatic rings. The van der Waals surface area contributed by atoms with E-state index < -0.39 is 0 Å². The number of amides is 1. The van der Waals surface area contributed by atoms with Crippen LogP contribution in [0, 0.1) is 6.92 Å². The smallest absolute Gasteiger partial charge is 0.250 e. The van der Waals surface area contributed by atoms with Gasteiger partial charge in [0, 0.05) is 17.2 Å². The highest BCUT2D eigenvalue weighted by Crippen LogP contribution is 2.16. The van der Waals surface area contributed by atoms with Crippen molar-refractivity contribution in [2.45, 2.75) is 6.92 Å². The summed E-state index contributed by atoms with van der Waals surface area (Å²) in [5.74, 6) is 0.0207. The Morgan fingerprint density at radius 3 is 2.89 bits per heavy atom. The second-order valence-corrected chi connectivity index (χ2v) is 4.08. The standard InChI is InChI=1S/C13H11ClN2O2/c1-9-8-13(18-16-9)15-12(17)7-6-10-4-2-3-5-11(10)14/h2-8H,1H3,(H,15,17)/b7-6+. The topological polar surface area (TPSA) is 55.1 Å². The van der Waals surface area contributed by atoms with Crippen molar-refractivity contribution in [3.63, 3.8) is 0 Å². The maximum Gasteiger partial charge on any atom is 0.250 e. The van der Waals surface area contributed by atoms with Gasteiger partial charge in [0.15, 0.2) is 0 Å². The summed E-state index contributed by atoms with van der Waals surface area (Å²) < 4.78 is 4.87. The van der Waals surface area contributed by atoms with Gasteiger partial charge in [-0.25, -0.2) is 0 Å². The van der Waals surface area contributed by atoms with Gasteiger partial charge in [0.05, 0.1) is 5.69 Å². The Morgan fingerprint density at radius 2 is 2.22 bits per heavy atom. The van der Waals surface area contributed by atoms with Gasteiger partial charge in [-0.2, -0.15) is 0 Å². The van der Waals surface area contributed by atoms with Gasteiger partial charge in [-0.1, -0.05) is 35.0 Å². The molecule has 18 heavy (non-hydrogen) atoms. The second kappa shape index (κ2) is 5.51. The van der Waals surface area contributed by atoms with Crippen molar-refractivity contribution in [2.24, 2.45) is 0 Å². The molecule has 1 N–H and O–H groups in total. The fourth-order valence-electron chi connectivity index (χ4n) is 1.36. The summed E-state index contributed by atoms with van der Waals surface area (Å²) in [5, 5.41) is 6.82. The molecule has 0 aliphatic carbocycles. The van der Waals surface area contributed by atoms with Crippen LogP contribution in [-0.2, 0) is 4.79 Å². The summed E-state index contributed by atoms with van der Waals surface area (Å²) in [5.41, 5.74) is 1.49. The molecule has 0 bridgehead atoms. The molecule has 4 nitrogen and oxygen atoms in total. The van der Waals surface area contributed by atoms with E-state index in [0.717, 1.165) is 5.56 Å². The SMILES string of the molecule is Cc1cc(NC(=O)/C=C/c2ccccc2Cl)on1. The number of nitrogens with one attached hydrogen (secondary N) is 1. The predicted octanol–water partition coefficient (Wildman–Crippen LogP) is 3.29. The van der Waals surface area contributed by atoms with E-state index in [1.165, 1.54) is 6.08 Å². The van der Waals surface area contributed by atoms with E-state index in [1.807, 2.05) is 18.2 Å². The maximum atomic E-state index is 11.6. The number of nitrogens with zero attached hydrogens (tertiary/aromatic N) is 1. The fourth-order valence-corrected chi connectivity index (χ4v) is 1.56. The van der Waals surface area contributed by atoms with Crippen LogP contribution in [0.3, 0.4) is 0 Å². The highest BCUT2D eigenvalue weighted by molar-refractivity contribution is 6.32. The molecule has 1 aromatic heterocycles. The van der Waals surface area contributed by atoms with Gasteiger partial charge in [-0.05, 0) is 24.6 Å². The Morgan fingerprint density at radius 1 is 1.44 bits per heavy atom. The lowest BCUT2D eigenvalue weighted by atomic mass is 10.2. The van der Waals surface area contributed by atoms with E-state index in [1.54, 1.807) is 25.1 Å². The summed E-state index contributed by atoms with van der Waals surface area (Å²) >= 11 is 5.96. The molecule has 0 unspecified atom stereocenters. The average molecular weight is 263 g/mol. The molecule has 92 valence electrons. The molecule has 0 fully saturated rings. The highest BCUT2D eigenvalue weighted by Gasteiger charge is 2.03. The third-order valence-corrected chi connectivity index (χ3v) is 2.54. The second-order valence-electron chi connectivity index (χ2n) is 3.68. The van der Waals surface area contributed by atoms with Crippen molar-refractivity contribution in [2.75, 3.05) is 5.32 Å². The van der Waals surface area contributed by atoms with Crippen LogP contribution in [0.2, 0.25) is 5.02 Å². The molecule has 0 radical (unpaired) electrons. The number of rotatable bonds is 3. The molecule has 1 amide bonds. The molecule has 1 heterocycles. The quantitative estimate of drug-likeness (QED) is 0.864. The molecule has 2 rings (SSSR count). The fraction of sp³-hybridized carbons (Fsp3) is 0.0769.